The zero-order valence-electron chi connectivity index (χ0n) is 20.1. The predicted octanol–water partition coefficient (Wildman–Crippen LogP) is 5.70. The Labute approximate surface area is 227 Å². The second-order valence-electron chi connectivity index (χ2n) is 8.26. The number of methoxy groups -OCH3 is 1. The van der Waals surface area contributed by atoms with Crippen molar-refractivity contribution in [2.24, 2.45) is 11.0 Å². The summed E-state index contributed by atoms with van der Waals surface area (Å²) in [5.41, 5.74) is 4.77. The van der Waals surface area contributed by atoms with Gasteiger partial charge in [-0.3, -0.25) is 9.59 Å². The highest BCUT2D eigenvalue weighted by Crippen LogP contribution is 2.26. The molecular formula is C27H27Br2N3O4. The summed E-state index contributed by atoms with van der Waals surface area (Å²) in [4.78, 5) is 25.3. The van der Waals surface area contributed by atoms with Crippen molar-refractivity contribution in [2.45, 2.75) is 26.5 Å². The van der Waals surface area contributed by atoms with E-state index in [1.165, 1.54) is 6.21 Å². The maximum absolute atomic E-state index is 12.7. The lowest BCUT2D eigenvalue weighted by Crippen LogP contribution is -2.48. The van der Waals surface area contributed by atoms with Crippen LogP contribution in [0.4, 0.5) is 0 Å². The van der Waals surface area contributed by atoms with Crippen molar-refractivity contribution in [3.8, 4) is 11.5 Å². The highest BCUT2D eigenvalue weighted by molar-refractivity contribution is 9.10. The van der Waals surface area contributed by atoms with E-state index in [4.69, 9.17) is 9.47 Å². The van der Waals surface area contributed by atoms with Crippen LogP contribution in [0.25, 0.3) is 0 Å². The molecule has 3 aromatic carbocycles. The summed E-state index contributed by atoms with van der Waals surface area (Å²) in [6.45, 7) is 4.15. The molecule has 0 saturated carbocycles. The Hall–Kier alpha value is -3.17. The monoisotopic (exact) mass is 615 g/mol. The van der Waals surface area contributed by atoms with Gasteiger partial charge in [0, 0.05) is 10.0 Å². The normalized spacial score (nSPS) is 11.8. The van der Waals surface area contributed by atoms with E-state index >= 15 is 0 Å². The number of carbonyl (C=O) groups excluding carboxylic acids is 2. The van der Waals surface area contributed by atoms with Crippen LogP contribution in [-0.2, 0) is 11.4 Å². The molecule has 3 aromatic rings. The second-order valence-corrected chi connectivity index (χ2v) is 10.0. The number of rotatable bonds is 10. The summed E-state index contributed by atoms with van der Waals surface area (Å²) in [5, 5.41) is 6.84. The largest absolute Gasteiger partial charge is 0.497 e. The van der Waals surface area contributed by atoms with Gasteiger partial charge in [0.15, 0.2) is 0 Å². The number of hydrazone groups is 1. The van der Waals surface area contributed by atoms with Crippen LogP contribution < -0.4 is 20.2 Å². The van der Waals surface area contributed by atoms with E-state index < -0.39 is 11.9 Å². The van der Waals surface area contributed by atoms with Gasteiger partial charge in [-0.05, 0) is 87.6 Å². The number of nitrogens with zero attached hydrogens (tertiary/aromatic N) is 1. The lowest BCUT2D eigenvalue weighted by molar-refractivity contribution is -0.123. The van der Waals surface area contributed by atoms with Crippen LogP contribution in [0.1, 0.15) is 35.3 Å². The maximum atomic E-state index is 12.7. The topological polar surface area (TPSA) is 89.0 Å². The molecule has 0 fully saturated rings. The fourth-order valence-electron chi connectivity index (χ4n) is 3.20. The van der Waals surface area contributed by atoms with Crippen LogP contribution in [0.5, 0.6) is 11.5 Å². The summed E-state index contributed by atoms with van der Waals surface area (Å²) >= 11 is 6.94. The molecule has 1 unspecified atom stereocenters. The number of amides is 2. The molecule has 188 valence electrons. The van der Waals surface area contributed by atoms with E-state index in [0.717, 1.165) is 20.1 Å². The molecule has 0 aliphatic heterocycles. The number of hydrogen-bond donors (Lipinski definition) is 2. The molecule has 0 radical (unpaired) electrons. The fourth-order valence-corrected chi connectivity index (χ4v) is 3.97. The molecule has 2 amide bonds. The van der Waals surface area contributed by atoms with Gasteiger partial charge in [0.1, 0.15) is 24.1 Å². The van der Waals surface area contributed by atoms with E-state index in [2.05, 4.69) is 47.7 Å². The fraction of sp³-hybridized carbons (Fsp3) is 0.222. The van der Waals surface area contributed by atoms with E-state index in [0.29, 0.717) is 23.7 Å². The number of nitrogens with one attached hydrogen (secondary N) is 2. The van der Waals surface area contributed by atoms with Crippen molar-refractivity contribution >= 4 is 49.9 Å². The Morgan fingerprint density at radius 2 is 1.69 bits per heavy atom. The number of carbonyl (C=O) groups is 2. The first-order chi connectivity index (χ1) is 17.3. The molecule has 0 aliphatic carbocycles. The average Bonchev–Trinajstić information content (AvgIpc) is 2.87. The number of halogens is 2. The van der Waals surface area contributed by atoms with E-state index in [9.17, 15) is 9.59 Å². The first-order valence-corrected chi connectivity index (χ1v) is 12.8. The van der Waals surface area contributed by atoms with Crippen molar-refractivity contribution in [1.29, 1.82) is 0 Å². The van der Waals surface area contributed by atoms with Crippen LogP contribution in [0.3, 0.4) is 0 Å². The van der Waals surface area contributed by atoms with Crippen molar-refractivity contribution < 1.29 is 19.1 Å². The Kier molecular flexibility index (Phi) is 10.1. The zero-order valence-corrected chi connectivity index (χ0v) is 23.3. The molecule has 0 aliphatic rings. The molecule has 2 N–H and O–H groups in total. The van der Waals surface area contributed by atoms with Crippen molar-refractivity contribution in [1.82, 2.24) is 10.7 Å². The van der Waals surface area contributed by atoms with Gasteiger partial charge in [-0.2, -0.15) is 5.10 Å². The van der Waals surface area contributed by atoms with Crippen LogP contribution >= 0.6 is 31.9 Å². The molecule has 0 heterocycles. The minimum absolute atomic E-state index is 0.140. The molecule has 0 spiro atoms. The maximum Gasteiger partial charge on any atom is 0.262 e. The zero-order chi connectivity index (χ0) is 26.1. The predicted molar refractivity (Wildman–Crippen MR) is 147 cm³/mol. The van der Waals surface area contributed by atoms with Crippen LogP contribution in [0.15, 0.2) is 80.8 Å². The standard InChI is InChI=1S/C27H27Br2N3O4/c1-17(2)25(31-26(33)20-7-11-22(35-3)12-8-20)27(34)32-30-15-19-6-13-24(23(29)14-19)36-16-18-4-9-21(28)10-5-18/h4-15,17,25H,16H2,1-3H3,(H,31,33)(H,32,34). The number of benzene rings is 3. The summed E-state index contributed by atoms with van der Waals surface area (Å²) in [5.74, 6) is 0.448. The molecule has 0 saturated heterocycles. The Bertz CT molecular complexity index is 1210. The first kappa shape index (κ1) is 27.4. The highest BCUT2D eigenvalue weighted by atomic mass is 79.9. The molecule has 0 aromatic heterocycles. The third kappa shape index (κ3) is 7.93. The van der Waals surface area contributed by atoms with Gasteiger partial charge in [-0.25, -0.2) is 5.43 Å². The van der Waals surface area contributed by atoms with E-state index in [-0.39, 0.29) is 11.8 Å². The van der Waals surface area contributed by atoms with Gasteiger partial charge in [0.05, 0.1) is 17.8 Å². The molecule has 1 atom stereocenters. The van der Waals surface area contributed by atoms with Gasteiger partial charge < -0.3 is 14.8 Å². The van der Waals surface area contributed by atoms with Gasteiger partial charge >= 0.3 is 0 Å². The summed E-state index contributed by atoms with van der Waals surface area (Å²) in [6, 6.07) is 19.4. The quantitative estimate of drug-likeness (QED) is 0.226. The molecule has 9 heteroatoms. The van der Waals surface area contributed by atoms with E-state index in [1.54, 1.807) is 31.4 Å². The Morgan fingerprint density at radius 3 is 2.31 bits per heavy atom. The molecule has 36 heavy (non-hydrogen) atoms. The van der Waals surface area contributed by atoms with E-state index in [1.807, 2.05) is 56.3 Å². The van der Waals surface area contributed by atoms with Crippen LogP contribution in [-0.4, -0.2) is 31.2 Å². The molecule has 7 nitrogen and oxygen atoms in total. The minimum atomic E-state index is -0.752. The smallest absolute Gasteiger partial charge is 0.262 e. The third-order valence-corrected chi connectivity index (χ3v) is 6.39. The van der Waals surface area contributed by atoms with Crippen molar-refractivity contribution in [2.75, 3.05) is 7.11 Å². The molecule has 0 bridgehead atoms. The molecular weight excluding hydrogens is 590 g/mol. The Morgan fingerprint density at radius 1 is 1.00 bits per heavy atom. The highest BCUT2D eigenvalue weighted by Gasteiger charge is 2.24. The second kappa shape index (κ2) is 13.2. The Balaban J connectivity index is 1.56. The van der Waals surface area contributed by atoms with Crippen molar-refractivity contribution in [3.63, 3.8) is 0 Å². The number of ether oxygens (including phenoxy) is 2. The van der Waals surface area contributed by atoms with Crippen molar-refractivity contribution in [3.05, 3.63) is 92.4 Å². The van der Waals surface area contributed by atoms with Gasteiger partial charge in [-0.15, -0.1) is 0 Å². The summed E-state index contributed by atoms with van der Waals surface area (Å²) in [6.07, 6.45) is 1.53. The lowest BCUT2D eigenvalue weighted by Gasteiger charge is -2.20. The third-order valence-electron chi connectivity index (χ3n) is 5.24. The van der Waals surface area contributed by atoms with Crippen LogP contribution in [0.2, 0.25) is 0 Å². The minimum Gasteiger partial charge on any atom is -0.497 e. The SMILES string of the molecule is COc1ccc(C(=O)NC(C(=O)NN=Cc2ccc(OCc3ccc(Br)cc3)c(Br)c2)C(C)C)cc1. The van der Waals surface area contributed by atoms with Gasteiger partial charge in [-0.1, -0.05) is 41.9 Å². The van der Waals surface area contributed by atoms with Gasteiger partial charge in [0.2, 0.25) is 0 Å². The lowest BCUT2D eigenvalue weighted by atomic mass is 10.0. The number of hydrogen-bond acceptors (Lipinski definition) is 5. The first-order valence-electron chi connectivity index (χ1n) is 11.2. The van der Waals surface area contributed by atoms with Gasteiger partial charge in [0.25, 0.3) is 11.8 Å². The summed E-state index contributed by atoms with van der Waals surface area (Å²) in [7, 11) is 1.56. The van der Waals surface area contributed by atoms with Crippen LogP contribution in [0, 0.1) is 5.92 Å². The average molecular weight is 617 g/mol. The summed E-state index contributed by atoms with van der Waals surface area (Å²) < 4.78 is 12.8. The molecule has 3 rings (SSSR count).